The number of benzene rings is 3. The van der Waals surface area contributed by atoms with Gasteiger partial charge in [-0.1, -0.05) is 42.0 Å². The Morgan fingerprint density at radius 3 is 2.31 bits per heavy atom. The molecule has 7 heteroatoms. The lowest BCUT2D eigenvalue weighted by Gasteiger charge is -2.42. The Morgan fingerprint density at radius 2 is 1.57 bits per heavy atom. The molecular formula is C35H28N2O5. The van der Waals surface area contributed by atoms with E-state index >= 15 is 0 Å². The molecule has 1 fully saturated rings. The van der Waals surface area contributed by atoms with Crippen LogP contribution >= 0.6 is 0 Å². The number of amides is 2. The van der Waals surface area contributed by atoms with Crippen molar-refractivity contribution in [3.8, 4) is 5.75 Å². The van der Waals surface area contributed by atoms with Gasteiger partial charge in [0.2, 0.25) is 11.8 Å². The van der Waals surface area contributed by atoms with Crippen molar-refractivity contribution in [3.63, 3.8) is 0 Å². The van der Waals surface area contributed by atoms with Crippen molar-refractivity contribution in [3.05, 3.63) is 119 Å². The van der Waals surface area contributed by atoms with Gasteiger partial charge in [-0.15, -0.1) is 0 Å². The van der Waals surface area contributed by atoms with Crippen LogP contribution < -0.4 is 10.2 Å². The highest BCUT2D eigenvalue weighted by atomic mass is 16.3. The number of imide groups is 1. The number of phenols is 1. The third-order valence-electron chi connectivity index (χ3n) is 8.96. The van der Waals surface area contributed by atoms with Gasteiger partial charge in [0.05, 0.1) is 17.5 Å². The van der Waals surface area contributed by atoms with Crippen LogP contribution in [-0.4, -0.2) is 28.5 Å². The summed E-state index contributed by atoms with van der Waals surface area (Å²) in [5, 5.41) is 13.6. The smallest absolute Gasteiger partial charge is 0.238 e. The molecule has 3 aliphatic carbocycles. The Balaban J connectivity index is 1.25. The topological polar surface area (TPSA) is 104 Å². The summed E-state index contributed by atoms with van der Waals surface area (Å²) in [4.78, 5) is 55.8. The van der Waals surface area contributed by atoms with Gasteiger partial charge in [-0.25, -0.2) is 0 Å². The number of carbonyl (C=O) groups is 4. The van der Waals surface area contributed by atoms with Gasteiger partial charge in [0, 0.05) is 34.0 Å². The van der Waals surface area contributed by atoms with E-state index in [1.54, 1.807) is 37.3 Å². The van der Waals surface area contributed by atoms with Crippen LogP contribution in [0.25, 0.3) is 0 Å². The molecule has 0 unspecified atom stereocenters. The molecule has 1 saturated heterocycles. The first kappa shape index (κ1) is 25.9. The lowest BCUT2D eigenvalue weighted by atomic mass is 9.59. The van der Waals surface area contributed by atoms with E-state index in [9.17, 15) is 24.3 Å². The van der Waals surface area contributed by atoms with Crippen LogP contribution in [0.15, 0.2) is 113 Å². The summed E-state index contributed by atoms with van der Waals surface area (Å²) in [5.41, 5.74) is 5.00. The number of phenolic OH excluding ortho intramolecular Hbond substituents is 1. The van der Waals surface area contributed by atoms with E-state index < -0.39 is 23.7 Å². The number of hydrogen-bond acceptors (Lipinski definition) is 6. The SMILES string of the molecule is CC1=CC(=O)C2=C(C1=O)[C@@H](c1cccc(O)c1)C1=CC[C@@H]3C(=O)N(c4ccc(Nc5ccccc5)cc4)C(=O)[C@@H]3[C@@H]1C2. The summed E-state index contributed by atoms with van der Waals surface area (Å²) in [6.07, 6.45) is 3.94. The van der Waals surface area contributed by atoms with Gasteiger partial charge in [0.15, 0.2) is 11.6 Å². The summed E-state index contributed by atoms with van der Waals surface area (Å²) in [6, 6.07) is 23.6. The second kappa shape index (κ2) is 9.80. The number of rotatable bonds is 4. The number of ketones is 2. The summed E-state index contributed by atoms with van der Waals surface area (Å²) in [5.74, 6) is -3.11. The molecule has 7 nitrogen and oxygen atoms in total. The maximum atomic E-state index is 14.1. The minimum Gasteiger partial charge on any atom is -0.508 e. The molecule has 7 rings (SSSR count). The van der Waals surface area contributed by atoms with Gasteiger partial charge >= 0.3 is 0 Å². The zero-order chi connectivity index (χ0) is 29.1. The summed E-state index contributed by atoms with van der Waals surface area (Å²) in [6.45, 7) is 1.64. The molecule has 1 aliphatic heterocycles. The number of para-hydroxylation sites is 1. The maximum Gasteiger partial charge on any atom is 0.238 e. The van der Waals surface area contributed by atoms with E-state index in [-0.39, 0.29) is 35.6 Å². The van der Waals surface area contributed by atoms with Gasteiger partial charge in [-0.3, -0.25) is 24.1 Å². The molecule has 3 aromatic rings. The first-order valence-electron chi connectivity index (χ1n) is 14.1. The van der Waals surface area contributed by atoms with Crippen molar-refractivity contribution in [1.82, 2.24) is 0 Å². The number of fused-ring (bicyclic) bond motifs is 3. The fraction of sp³-hybridized carbons (Fsp3) is 0.200. The Kier molecular flexibility index (Phi) is 6.04. The van der Waals surface area contributed by atoms with Crippen LogP contribution in [0.3, 0.4) is 0 Å². The molecular weight excluding hydrogens is 528 g/mol. The largest absolute Gasteiger partial charge is 0.508 e. The molecule has 2 N–H and O–H groups in total. The van der Waals surface area contributed by atoms with Crippen LogP contribution in [0.2, 0.25) is 0 Å². The second-order valence-corrected chi connectivity index (χ2v) is 11.4. The number of aromatic hydroxyl groups is 1. The van der Waals surface area contributed by atoms with Crippen molar-refractivity contribution in [2.24, 2.45) is 17.8 Å². The number of nitrogens with one attached hydrogen (secondary N) is 1. The maximum absolute atomic E-state index is 14.1. The van der Waals surface area contributed by atoms with Gasteiger partial charge in [0.25, 0.3) is 0 Å². The van der Waals surface area contributed by atoms with Crippen molar-refractivity contribution in [2.75, 3.05) is 10.2 Å². The molecule has 0 spiro atoms. The third kappa shape index (κ3) is 4.04. The Morgan fingerprint density at radius 1 is 0.833 bits per heavy atom. The highest BCUT2D eigenvalue weighted by Gasteiger charge is 2.56. The molecule has 4 aliphatic rings. The zero-order valence-corrected chi connectivity index (χ0v) is 22.9. The first-order chi connectivity index (χ1) is 20.3. The predicted octanol–water partition coefficient (Wildman–Crippen LogP) is 5.77. The van der Waals surface area contributed by atoms with Gasteiger partial charge < -0.3 is 10.4 Å². The minimum atomic E-state index is -0.650. The fourth-order valence-corrected chi connectivity index (χ4v) is 7.08. The van der Waals surface area contributed by atoms with E-state index in [0.717, 1.165) is 16.9 Å². The Labute approximate surface area is 242 Å². The van der Waals surface area contributed by atoms with Crippen LogP contribution in [-0.2, 0) is 19.2 Å². The summed E-state index contributed by atoms with van der Waals surface area (Å²) in [7, 11) is 0. The Hall–Kier alpha value is -5.04. The standard InChI is InChI=1S/C35H28N2O5/c1-19-16-29(39)28-18-27-25(30(32(28)33(19)40)20-6-5-9-24(38)17-20)14-15-26-31(27)35(42)37(34(26)41)23-12-10-22(11-13-23)36-21-7-3-2-4-8-21/h2-14,16-17,26-27,30-31,36,38H,15,18H2,1H3/t26-,27+,30-,31-/m0/s1. The number of anilines is 3. The molecule has 3 aromatic carbocycles. The van der Waals surface area contributed by atoms with Crippen LogP contribution in [0.1, 0.15) is 31.2 Å². The molecule has 0 saturated carbocycles. The van der Waals surface area contributed by atoms with Gasteiger partial charge in [0.1, 0.15) is 5.75 Å². The minimum absolute atomic E-state index is 0.0522. The third-order valence-corrected chi connectivity index (χ3v) is 8.96. The van der Waals surface area contributed by atoms with E-state index in [0.29, 0.717) is 34.4 Å². The van der Waals surface area contributed by atoms with Crippen LogP contribution in [0.5, 0.6) is 5.75 Å². The van der Waals surface area contributed by atoms with Crippen molar-refractivity contribution >= 4 is 40.4 Å². The summed E-state index contributed by atoms with van der Waals surface area (Å²) < 4.78 is 0. The number of carbonyl (C=O) groups excluding carboxylic acids is 4. The molecule has 2 amide bonds. The van der Waals surface area contributed by atoms with Crippen molar-refractivity contribution in [2.45, 2.75) is 25.7 Å². The van der Waals surface area contributed by atoms with Crippen LogP contribution in [0.4, 0.5) is 17.1 Å². The van der Waals surface area contributed by atoms with E-state index in [1.807, 2.05) is 54.6 Å². The molecule has 208 valence electrons. The first-order valence-corrected chi connectivity index (χ1v) is 14.1. The van der Waals surface area contributed by atoms with Gasteiger partial charge in [-0.2, -0.15) is 0 Å². The van der Waals surface area contributed by atoms with E-state index in [1.165, 1.54) is 11.0 Å². The molecule has 1 heterocycles. The number of allylic oxidation sites excluding steroid dienone is 6. The molecule has 0 aromatic heterocycles. The normalized spacial score (nSPS) is 25.0. The van der Waals surface area contributed by atoms with Crippen molar-refractivity contribution in [1.29, 1.82) is 0 Å². The number of nitrogens with zero attached hydrogens (tertiary/aromatic N) is 1. The molecule has 42 heavy (non-hydrogen) atoms. The monoisotopic (exact) mass is 556 g/mol. The number of Topliss-reactive ketones (excluding diaryl/α,β-unsaturated/α-hetero) is 1. The average Bonchev–Trinajstić information content (AvgIpc) is 3.25. The van der Waals surface area contributed by atoms with Crippen LogP contribution in [0, 0.1) is 17.8 Å². The predicted molar refractivity (Wildman–Crippen MR) is 158 cm³/mol. The lowest BCUT2D eigenvalue weighted by Crippen LogP contribution is -2.39. The van der Waals surface area contributed by atoms with E-state index in [2.05, 4.69) is 5.32 Å². The average molecular weight is 557 g/mol. The van der Waals surface area contributed by atoms with Crippen molar-refractivity contribution < 1.29 is 24.3 Å². The molecule has 4 atom stereocenters. The highest BCUT2D eigenvalue weighted by molar-refractivity contribution is 6.25. The number of hydrogen-bond donors (Lipinski definition) is 2. The molecule has 0 bridgehead atoms. The Bertz CT molecular complexity index is 1770. The fourth-order valence-electron chi connectivity index (χ4n) is 7.08. The zero-order valence-electron chi connectivity index (χ0n) is 22.9. The second-order valence-electron chi connectivity index (χ2n) is 11.4. The lowest BCUT2D eigenvalue weighted by molar-refractivity contribution is -0.123. The van der Waals surface area contributed by atoms with E-state index in [4.69, 9.17) is 0 Å². The highest BCUT2D eigenvalue weighted by Crippen LogP contribution is 2.55. The summed E-state index contributed by atoms with van der Waals surface area (Å²) >= 11 is 0. The van der Waals surface area contributed by atoms with Gasteiger partial charge in [-0.05, 0) is 85.9 Å². The quantitative estimate of drug-likeness (QED) is 0.240. The molecule has 0 radical (unpaired) electrons.